The van der Waals surface area contributed by atoms with Gasteiger partial charge in [0.1, 0.15) is 11.6 Å². The Morgan fingerprint density at radius 3 is 2.16 bits per heavy atom. The standard InChI is InChI=1S/C38H52N6O2.CH4O3S/c1-26-22-31-29-9-8-27-23-28(45)10-12-37(27,2)30(29)11-13-38(31,3)35(26)32(46)25-41-18-20-43(21-19-41)34-24-33(42-14-4-5-15-42)39-36(40-34)44-16-6-7-17-44;1-5(2,3)4/h10-12,23-24,26,29,31,35H,4-9,13-22,25H2,1-3H3;1H3,(H,2,3,4)/t26?,29-,31+,35-,37+,38+;/m1./s1. The number of ketones is 2. The summed E-state index contributed by atoms with van der Waals surface area (Å²) < 4.78 is 25.9. The number of anilines is 3. The van der Waals surface area contributed by atoms with Crippen LogP contribution in [0.1, 0.15) is 72.1 Å². The number of fused-ring (bicyclic) bond motifs is 5. The zero-order valence-electron chi connectivity index (χ0n) is 30.9. The molecule has 0 bridgehead atoms. The fraction of sp³-hybridized carbons (Fsp3) is 0.692. The van der Waals surface area contributed by atoms with Crippen molar-refractivity contribution in [2.45, 2.75) is 72.1 Å². The lowest BCUT2D eigenvalue weighted by atomic mass is 9.52. The van der Waals surface area contributed by atoms with Gasteiger partial charge in [-0.05, 0) is 93.6 Å². The zero-order chi connectivity index (χ0) is 36.1. The summed E-state index contributed by atoms with van der Waals surface area (Å²) >= 11 is 0. The number of Topliss-reactive ketones (excluding diaryl/α,β-unsaturated/α-hetero) is 1. The summed E-state index contributed by atoms with van der Waals surface area (Å²) in [5.41, 5.74) is 2.68. The average Bonchev–Trinajstić information content (AvgIpc) is 3.86. The normalized spacial score (nSPS) is 33.6. The number of carbonyl (C=O) groups is 2. The Morgan fingerprint density at radius 2 is 1.53 bits per heavy atom. The van der Waals surface area contributed by atoms with Crippen molar-refractivity contribution in [1.82, 2.24) is 14.9 Å². The van der Waals surface area contributed by atoms with Gasteiger partial charge in [-0.15, -0.1) is 0 Å². The van der Waals surface area contributed by atoms with Crippen LogP contribution in [0.5, 0.6) is 0 Å². The molecule has 11 nitrogen and oxygen atoms in total. The first-order valence-electron chi connectivity index (χ1n) is 19.2. The molecule has 1 unspecified atom stereocenters. The molecular formula is C39H56N6O5S. The van der Waals surface area contributed by atoms with Gasteiger partial charge in [0.05, 0.1) is 12.8 Å². The summed E-state index contributed by atoms with van der Waals surface area (Å²) in [5.74, 6) is 5.14. The van der Waals surface area contributed by atoms with E-state index in [4.69, 9.17) is 14.5 Å². The highest BCUT2D eigenvalue weighted by molar-refractivity contribution is 7.85. The number of carbonyl (C=O) groups excluding carboxylic acids is 2. The number of nitrogens with zero attached hydrogens (tertiary/aromatic N) is 6. The lowest BCUT2D eigenvalue weighted by molar-refractivity contribution is -0.129. The molecule has 0 aromatic carbocycles. The molecule has 0 amide bonds. The average molecular weight is 721 g/mol. The van der Waals surface area contributed by atoms with Crippen molar-refractivity contribution in [3.8, 4) is 0 Å². The van der Waals surface area contributed by atoms with E-state index in [0.717, 1.165) is 95.6 Å². The number of hydrogen-bond acceptors (Lipinski definition) is 10. The lowest BCUT2D eigenvalue weighted by Gasteiger charge is -2.52. The van der Waals surface area contributed by atoms with Crippen molar-refractivity contribution in [3.63, 3.8) is 0 Å². The highest BCUT2D eigenvalue weighted by atomic mass is 32.2. The highest BCUT2D eigenvalue weighted by Crippen LogP contribution is 2.65. The van der Waals surface area contributed by atoms with Gasteiger partial charge < -0.3 is 14.7 Å². The molecule has 1 aromatic heterocycles. The van der Waals surface area contributed by atoms with Crippen LogP contribution in [0.15, 0.2) is 41.5 Å². The maximum atomic E-state index is 14.2. The molecule has 3 aliphatic heterocycles. The van der Waals surface area contributed by atoms with Gasteiger partial charge >= 0.3 is 0 Å². The van der Waals surface area contributed by atoms with Crippen LogP contribution in [0, 0.1) is 34.5 Å². The lowest BCUT2D eigenvalue weighted by Crippen LogP contribution is -2.51. The number of rotatable bonds is 6. The second kappa shape index (κ2) is 14.0. The van der Waals surface area contributed by atoms with Crippen LogP contribution in [0.3, 0.4) is 0 Å². The minimum atomic E-state index is -3.67. The summed E-state index contributed by atoms with van der Waals surface area (Å²) in [5, 5.41) is 0. The summed E-state index contributed by atoms with van der Waals surface area (Å²) in [6, 6.07) is 2.21. The predicted molar refractivity (Wildman–Crippen MR) is 201 cm³/mol. The van der Waals surface area contributed by atoms with Crippen LogP contribution in [0.25, 0.3) is 0 Å². The van der Waals surface area contributed by atoms with E-state index >= 15 is 0 Å². The van der Waals surface area contributed by atoms with Crippen LogP contribution >= 0.6 is 0 Å². The van der Waals surface area contributed by atoms with E-state index in [-0.39, 0.29) is 22.5 Å². The zero-order valence-corrected chi connectivity index (χ0v) is 31.7. The van der Waals surface area contributed by atoms with Crippen LogP contribution in [-0.2, 0) is 19.7 Å². The van der Waals surface area contributed by atoms with Crippen molar-refractivity contribution >= 4 is 39.3 Å². The molecular weight excluding hydrogens is 665 g/mol. The number of aromatic nitrogens is 2. The van der Waals surface area contributed by atoms with Gasteiger partial charge in [-0.2, -0.15) is 18.4 Å². The Hall–Kier alpha value is -3.09. The molecule has 1 N–H and O–H groups in total. The molecule has 8 rings (SSSR count). The first kappa shape index (κ1) is 36.3. The maximum Gasteiger partial charge on any atom is 0.261 e. The smallest absolute Gasteiger partial charge is 0.261 e. The minimum absolute atomic E-state index is 0.0111. The molecule has 7 aliphatic rings. The fourth-order valence-electron chi connectivity index (χ4n) is 10.8. The first-order valence-corrected chi connectivity index (χ1v) is 21.0. The molecule has 0 radical (unpaired) electrons. The predicted octanol–water partition coefficient (Wildman–Crippen LogP) is 4.96. The highest BCUT2D eigenvalue weighted by Gasteiger charge is 2.59. The molecule has 4 heterocycles. The third-order valence-electron chi connectivity index (χ3n) is 13.2. The quantitative estimate of drug-likeness (QED) is 0.317. The van der Waals surface area contributed by atoms with Gasteiger partial charge in [0, 0.05) is 69.8 Å². The number of piperazine rings is 1. The minimum Gasteiger partial charge on any atom is -0.356 e. The summed E-state index contributed by atoms with van der Waals surface area (Å²) in [6.45, 7) is 15.4. The maximum absolute atomic E-state index is 14.2. The molecule has 12 heteroatoms. The molecule has 3 saturated heterocycles. The number of hydrogen-bond donors (Lipinski definition) is 1. The van der Waals surface area contributed by atoms with Gasteiger partial charge in [-0.1, -0.05) is 37.1 Å². The molecule has 278 valence electrons. The Balaban J connectivity index is 0.000000761. The second-order valence-electron chi connectivity index (χ2n) is 16.7. The summed E-state index contributed by atoms with van der Waals surface area (Å²) in [4.78, 5) is 46.1. The topological polar surface area (TPSA) is 127 Å². The molecule has 4 aliphatic carbocycles. The van der Waals surface area contributed by atoms with Gasteiger partial charge in [0.2, 0.25) is 5.95 Å². The van der Waals surface area contributed by atoms with Crippen molar-refractivity contribution in [2.75, 3.05) is 79.9 Å². The van der Waals surface area contributed by atoms with Gasteiger partial charge in [0.15, 0.2) is 11.6 Å². The van der Waals surface area contributed by atoms with E-state index < -0.39 is 10.1 Å². The SMILES string of the molecule is CC1C[C@H]2[C@@H]3CCC4=CC(=O)C=C[C@]4(C)C3=CC[C@]2(C)[C@H]1C(=O)CN1CCN(c2cc(N3CCCC3)nc(N3CCCC3)n2)CC1.CS(=O)(=O)O. The van der Waals surface area contributed by atoms with Crippen LogP contribution in [0.4, 0.5) is 17.6 Å². The first-order chi connectivity index (χ1) is 24.2. The molecule has 51 heavy (non-hydrogen) atoms. The van der Waals surface area contributed by atoms with Crippen LogP contribution in [-0.4, -0.2) is 105 Å². The summed E-state index contributed by atoms with van der Waals surface area (Å²) in [7, 11) is -3.67. The Morgan fingerprint density at radius 1 is 0.941 bits per heavy atom. The van der Waals surface area contributed by atoms with Gasteiger partial charge in [-0.3, -0.25) is 19.0 Å². The Bertz CT molecular complexity index is 1680. The molecule has 1 aromatic rings. The van der Waals surface area contributed by atoms with E-state index in [1.807, 2.05) is 6.08 Å². The van der Waals surface area contributed by atoms with Crippen molar-refractivity contribution in [1.29, 1.82) is 0 Å². The Labute approximate surface area is 304 Å². The molecule has 6 atom stereocenters. The van der Waals surface area contributed by atoms with E-state index in [1.54, 1.807) is 6.08 Å². The van der Waals surface area contributed by atoms with E-state index in [9.17, 15) is 18.0 Å². The summed E-state index contributed by atoms with van der Waals surface area (Å²) in [6.07, 6.45) is 18.1. The van der Waals surface area contributed by atoms with E-state index in [2.05, 4.69) is 58.6 Å². The van der Waals surface area contributed by atoms with Crippen molar-refractivity contribution in [3.05, 3.63) is 41.5 Å². The number of allylic oxidation sites excluding steroid dienone is 6. The molecule has 0 spiro atoms. The monoisotopic (exact) mass is 720 g/mol. The third-order valence-corrected chi connectivity index (χ3v) is 13.2. The molecule has 2 saturated carbocycles. The third kappa shape index (κ3) is 7.29. The fourth-order valence-corrected chi connectivity index (χ4v) is 10.8. The largest absolute Gasteiger partial charge is 0.356 e. The van der Waals surface area contributed by atoms with E-state index in [0.29, 0.717) is 36.3 Å². The second-order valence-corrected chi connectivity index (χ2v) is 18.1. The Kier molecular flexibility index (Phi) is 9.99. The van der Waals surface area contributed by atoms with E-state index in [1.165, 1.54) is 36.8 Å². The van der Waals surface area contributed by atoms with Crippen LogP contribution < -0.4 is 14.7 Å². The van der Waals surface area contributed by atoms with Gasteiger partial charge in [-0.25, -0.2) is 0 Å². The van der Waals surface area contributed by atoms with Gasteiger partial charge in [0.25, 0.3) is 10.1 Å². The van der Waals surface area contributed by atoms with Crippen molar-refractivity contribution in [2.24, 2.45) is 34.5 Å². The molecule has 5 fully saturated rings. The van der Waals surface area contributed by atoms with Crippen LogP contribution in [0.2, 0.25) is 0 Å². The van der Waals surface area contributed by atoms with Crippen molar-refractivity contribution < 1.29 is 22.6 Å².